The van der Waals surface area contributed by atoms with Gasteiger partial charge in [-0.25, -0.2) is 4.98 Å². The van der Waals surface area contributed by atoms with E-state index in [1.807, 2.05) is 42.7 Å². The quantitative estimate of drug-likeness (QED) is 0.697. The first kappa shape index (κ1) is 14.6. The molecule has 1 N–H and O–H groups in total. The Bertz CT molecular complexity index is 735. The van der Waals surface area contributed by atoms with E-state index in [9.17, 15) is 9.59 Å². The van der Waals surface area contributed by atoms with Crippen LogP contribution in [0.1, 0.15) is 26.8 Å². The SMILES string of the molecule is CCOC(=O)[C@H]1C(=O)Nc2nc3ccccc3n2[C@H]1C(C)C. The molecule has 0 spiro atoms. The van der Waals surface area contributed by atoms with E-state index in [0.717, 1.165) is 11.0 Å². The van der Waals surface area contributed by atoms with Crippen molar-refractivity contribution in [3.63, 3.8) is 0 Å². The number of imidazole rings is 1. The molecule has 1 aliphatic rings. The lowest BCUT2D eigenvalue weighted by molar-refractivity contribution is -0.154. The van der Waals surface area contributed by atoms with E-state index in [1.54, 1.807) is 6.92 Å². The molecular formula is C16H19N3O3. The van der Waals surface area contributed by atoms with Crippen molar-refractivity contribution in [2.75, 3.05) is 11.9 Å². The molecule has 1 aromatic carbocycles. The molecule has 0 saturated carbocycles. The summed E-state index contributed by atoms with van der Waals surface area (Å²) in [6, 6.07) is 7.35. The zero-order valence-corrected chi connectivity index (χ0v) is 12.9. The first-order valence-electron chi connectivity index (χ1n) is 7.49. The van der Waals surface area contributed by atoms with Crippen molar-refractivity contribution in [3.8, 4) is 0 Å². The van der Waals surface area contributed by atoms with Crippen LogP contribution >= 0.6 is 0 Å². The Hall–Kier alpha value is -2.37. The predicted octanol–water partition coefficient (Wildman–Crippen LogP) is 2.36. The van der Waals surface area contributed by atoms with E-state index in [-0.39, 0.29) is 24.5 Å². The van der Waals surface area contributed by atoms with Crippen LogP contribution in [0.2, 0.25) is 0 Å². The highest BCUT2D eigenvalue weighted by atomic mass is 16.5. The third kappa shape index (κ3) is 2.15. The molecule has 0 unspecified atom stereocenters. The Kier molecular flexibility index (Phi) is 3.60. The topological polar surface area (TPSA) is 73.2 Å². The smallest absolute Gasteiger partial charge is 0.320 e. The van der Waals surface area contributed by atoms with Crippen LogP contribution in [-0.2, 0) is 14.3 Å². The second-order valence-corrected chi connectivity index (χ2v) is 5.75. The van der Waals surface area contributed by atoms with Gasteiger partial charge in [0.25, 0.3) is 0 Å². The van der Waals surface area contributed by atoms with Gasteiger partial charge in [-0.1, -0.05) is 26.0 Å². The lowest BCUT2D eigenvalue weighted by Gasteiger charge is -2.34. The molecule has 0 bridgehead atoms. The molecule has 0 saturated heterocycles. The summed E-state index contributed by atoms with van der Waals surface area (Å²) in [5.74, 6) is -1.12. The van der Waals surface area contributed by atoms with Gasteiger partial charge in [-0.3, -0.25) is 14.9 Å². The highest BCUT2D eigenvalue weighted by molar-refractivity contribution is 6.06. The molecule has 0 fully saturated rings. The highest BCUT2D eigenvalue weighted by Crippen LogP contribution is 2.38. The zero-order chi connectivity index (χ0) is 15.9. The number of anilines is 1. The number of hydrogen-bond donors (Lipinski definition) is 1. The summed E-state index contributed by atoms with van der Waals surface area (Å²) in [5.41, 5.74) is 1.71. The number of nitrogens with zero attached hydrogens (tertiary/aromatic N) is 2. The van der Waals surface area contributed by atoms with Crippen LogP contribution in [0, 0.1) is 11.8 Å². The minimum atomic E-state index is -0.856. The maximum absolute atomic E-state index is 12.4. The maximum Gasteiger partial charge on any atom is 0.320 e. The second-order valence-electron chi connectivity index (χ2n) is 5.75. The fourth-order valence-corrected chi connectivity index (χ4v) is 3.09. The highest BCUT2D eigenvalue weighted by Gasteiger charge is 2.44. The third-order valence-electron chi connectivity index (χ3n) is 3.98. The van der Waals surface area contributed by atoms with E-state index in [4.69, 9.17) is 4.74 Å². The zero-order valence-electron chi connectivity index (χ0n) is 12.9. The van der Waals surface area contributed by atoms with Crippen LogP contribution < -0.4 is 5.32 Å². The van der Waals surface area contributed by atoms with Crippen molar-refractivity contribution in [3.05, 3.63) is 24.3 Å². The molecule has 6 nitrogen and oxygen atoms in total. The minimum absolute atomic E-state index is 0.0804. The molecule has 1 aromatic heterocycles. The standard InChI is InChI=1S/C16H19N3O3/c1-4-22-15(21)12-13(9(2)3)19-11-8-6-5-7-10(11)17-16(19)18-14(12)20/h5-9,12-13H,4H2,1-3H3,(H,17,18,20)/t12-,13+/m1/s1. The number of carbonyl (C=O) groups is 2. The van der Waals surface area contributed by atoms with E-state index in [1.165, 1.54) is 0 Å². The lowest BCUT2D eigenvalue weighted by Crippen LogP contribution is -2.44. The maximum atomic E-state index is 12.4. The fourth-order valence-electron chi connectivity index (χ4n) is 3.09. The average Bonchev–Trinajstić information content (AvgIpc) is 2.83. The van der Waals surface area contributed by atoms with Crippen LogP contribution in [0.3, 0.4) is 0 Å². The first-order valence-corrected chi connectivity index (χ1v) is 7.49. The lowest BCUT2D eigenvalue weighted by atomic mass is 9.88. The normalized spacial score (nSPS) is 20.8. The number of fused-ring (bicyclic) bond motifs is 3. The number of rotatable bonds is 3. The van der Waals surface area contributed by atoms with Gasteiger partial charge in [-0.15, -0.1) is 0 Å². The fraction of sp³-hybridized carbons (Fsp3) is 0.438. The van der Waals surface area contributed by atoms with Gasteiger partial charge in [0.15, 0.2) is 5.92 Å². The van der Waals surface area contributed by atoms with Gasteiger partial charge in [0.1, 0.15) is 0 Å². The van der Waals surface area contributed by atoms with Crippen molar-refractivity contribution in [2.24, 2.45) is 11.8 Å². The molecule has 116 valence electrons. The largest absolute Gasteiger partial charge is 0.465 e. The Morgan fingerprint density at radius 3 is 2.82 bits per heavy atom. The Balaban J connectivity index is 2.17. The summed E-state index contributed by atoms with van der Waals surface area (Å²) in [7, 11) is 0. The first-order chi connectivity index (χ1) is 10.5. The van der Waals surface area contributed by atoms with Crippen LogP contribution in [0.5, 0.6) is 0 Å². The van der Waals surface area contributed by atoms with E-state index >= 15 is 0 Å². The minimum Gasteiger partial charge on any atom is -0.465 e. The molecule has 2 aromatic rings. The summed E-state index contributed by atoms with van der Waals surface area (Å²) >= 11 is 0. The number of esters is 1. The molecule has 1 amide bonds. The predicted molar refractivity (Wildman–Crippen MR) is 82.4 cm³/mol. The van der Waals surface area contributed by atoms with Crippen molar-refractivity contribution in [1.82, 2.24) is 9.55 Å². The van der Waals surface area contributed by atoms with Gasteiger partial charge >= 0.3 is 5.97 Å². The molecule has 1 aliphatic heterocycles. The third-order valence-corrected chi connectivity index (χ3v) is 3.98. The average molecular weight is 301 g/mol. The number of para-hydroxylation sites is 2. The van der Waals surface area contributed by atoms with Crippen LogP contribution in [0.25, 0.3) is 11.0 Å². The number of aromatic nitrogens is 2. The summed E-state index contributed by atoms with van der Waals surface area (Å²) < 4.78 is 7.05. The number of ether oxygens (including phenoxy) is 1. The molecular weight excluding hydrogens is 282 g/mol. The van der Waals surface area contributed by atoms with Gasteiger partial charge < -0.3 is 9.30 Å². The summed E-state index contributed by atoms with van der Waals surface area (Å²) in [6.45, 7) is 5.98. The molecule has 0 aliphatic carbocycles. The van der Waals surface area contributed by atoms with Crippen molar-refractivity contribution < 1.29 is 14.3 Å². The Morgan fingerprint density at radius 2 is 2.14 bits per heavy atom. The Labute approximate surface area is 128 Å². The van der Waals surface area contributed by atoms with E-state index in [2.05, 4.69) is 10.3 Å². The molecule has 22 heavy (non-hydrogen) atoms. The molecule has 3 rings (SSSR count). The van der Waals surface area contributed by atoms with Gasteiger partial charge in [-0.05, 0) is 25.0 Å². The number of benzene rings is 1. The number of amides is 1. The van der Waals surface area contributed by atoms with E-state index < -0.39 is 11.9 Å². The molecule has 0 radical (unpaired) electrons. The summed E-state index contributed by atoms with van der Waals surface area (Å²) in [6.07, 6.45) is 0. The summed E-state index contributed by atoms with van der Waals surface area (Å²) in [5, 5.41) is 2.74. The van der Waals surface area contributed by atoms with Crippen LogP contribution in [-0.4, -0.2) is 28.0 Å². The van der Waals surface area contributed by atoms with Crippen molar-refractivity contribution in [2.45, 2.75) is 26.8 Å². The van der Waals surface area contributed by atoms with Crippen molar-refractivity contribution in [1.29, 1.82) is 0 Å². The second kappa shape index (κ2) is 5.44. The number of hydrogen-bond acceptors (Lipinski definition) is 4. The number of carbonyl (C=O) groups excluding carboxylic acids is 2. The number of nitrogens with one attached hydrogen (secondary N) is 1. The molecule has 6 heteroatoms. The van der Waals surface area contributed by atoms with Gasteiger partial charge in [0.05, 0.1) is 23.7 Å². The molecule has 2 heterocycles. The van der Waals surface area contributed by atoms with Gasteiger partial charge in [0.2, 0.25) is 11.9 Å². The monoisotopic (exact) mass is 301 g/mol. The summed E-state index contributed by atoms with van der Waals surface area (Å²) in [4.78, 5) is 29.1. The van der Waals surface area contributed by atoms with Crippen LogP contribution in [0.15, 0.2) is 24.3 Å². The van der Waals surface area contributed by atoms with Gasteiger partial charge in [-0.2, -0.15) is 0 Å². The Morgan fingerprint density at radius 1 is 1.41 bits per heavy atom. The van der Waals surface area contributed by atoms with E-state index in [0.29, 0.717) is 5.95 Å². The van der Waals surface area contributed by atoms with Gasteiger partial charge in [0, 0.05) is 0 Å². The molecule has 2 atom stereocenters. The van der Waals surface area contributed by atoms with Crippen molar-refractivity contribution >= 4 is 28.9 Å². The van der Waals surface area contributed by atoms with Crippen LogP contribution in [0.4, 0.5) is 5.95 Å².